The second-order valence-electron chi connectivity index (χ2n) is 4.54. The van der Waals surface area contributed by atoms with Crippen LogP contribution in [0.15, 0.2) is 23.1 Å². The maximum absolute atomic E-state index is 12.2. The fourth-order valence-electron chi connectivity index (χ4n) is 2.04. The number of rotatable bonds is 6. The van der Waals surface area contributed by atoms with Gasteiger partial charge in [0.2, 0.25) is 0 Å². The SMILES string of the molecule is C#CCN1C(=O)S/C(=C\c2ccc(OCC)c(OCC)c2)C1=O. The van der Waals surface area contributed by atoms with Crippen molar-refractivity contribution in [2.75, 3.05) is 19.8 Å². The van der Waals surface area contributed by atoms with Crippen LogP contribution in [0.5, 0.6) is 11.5 Å². The zero-order valence-corrected chi connectivity index (χ0v) is 13.8. The molecule has 0 aliphatic carbocycles. The molecule has 1 aliphatic rings. The highest BCUT2D eigenvalue weighted by Gasteiger charge is 2.34. The van der Waals surface area contributed by atoms with E-state index in [0.29, 0.717) is 29.6 Å². The Bertz CT molecular complexity index is 690. The molecule has 120 valence electrons. The van der Waals surface area contributed by atoms with Crippen LogP contribution in [0.2, 0.25) is 0 Å². The predicted octanol–water partition coefficient (Wildman–Crippen LogP) is 3.15. The van der Waals surface area contributed by atoms with Crippen molar-refractivity contribution in [3.05, 3.63) is 28.7 Å². The van der Waals surface area contributed by atoms with Gasteiger partial charge in [-0.2, -0.15) is 0 Å². The molecule has 2 rings (SSSR count). The van der Waals surface area contributed by atoms with Crippen molar-refractivity contribution >= 4 is 29.0 Å². The molecule has 0 aromatic heterocycles. The third-order valence-electron chi connectivity index (χ3n) is 2.99. The summed E-state index contributed by atoms with van der Waals surface area (Å²) in [5.41, 5.74) is 0.753. The molecular weight excluding hydrogens is 314 g/mol. The molecule has 0 spiro atoms. The van der Waals surface area contributed by atoms with Crippen LogP contribution in [-0.2, 0) is 4.79 Å². The number of nitrogens with zero attached hydrogens (tertiary/aromatic N) is 1. The van der Waals surface area contributed by atoms with E-state index in [1.54, 1.807) is 18.2 Å². The summed E-state index contributed by atoms with van der Waals surface area (Å²) in [6, 6.07) is 5.37. The smallest absolute Gasteiger partial charge is 0.294 e. The Kier molecular flexibility index (Phi) is 5.72. The Morgan fingerprint density at radius 3 is 2.57 bits per heavy atom. The molecule has 23 heavy (non-hydrogen) atoms. The van der Waals surface area contributed by atoms with E-state index < -0.39 is 0 Å². The number of terminal acetylenes is 1. The van der Waals surface area contributed by atoms with Gasteiger partial charge in [0.05, 0.1) is 24.7 Å². The summed E-state index contributed by atoms with van der Waals surface area (Å²) in [5, 5.41) is -0.352. The van der Waals surface area contributed by atoms with Crippen molar-refractivity contribution in [2.45, 2.75) is 13.8 Å². The molecule has 1 fully saturated rings. The maximum Gasteiger partial charge on any atom is 0.294 e. The third kappa shape index (κ3) is 3.88. The topological polar surface area (TPSA) is 55.8 Å². The van der Waals surface area contributed by atoms with Gasteiger partial charge in [-0.15, -0.1) is 6.42 Å². The summed E-state index contributed by atoms with van der Waals surface area (Å²) in [6.07, 6.45) is 6.83. The summed E-state index contributed by atoms with van der Waals surface area (Å²) in [6.45, 7) is 4.79. The van der Waals surface area contributed by atoms with Crippen LogP contribution >= 0.6 is 11.8 Å². The van der Waals surface area contributed by atoms with Gasteiger partial charge >= 0.3 is 0 Å². The fraction of sp³-hybridized carbons (Fsp3) is 0.294. The average Bonchev–Trinajstić information content (AvgIpc) is 2.78. The second kappa shape index (κ2) is 7.75. The van der Waals surface area contributed by atoms with E-state index in [2.05, 4.69) is 5.92 Å². The molecule has 1 saturated heterocycles. The quantitative estimate of drug-likeness (QED) is 0.592. The number of hydrogen-bond acceptors (Lipinski definition) is 5. The summed E-state index contributed by atoms with van der Waals surface area (Å²) in [7, 11) is 0. The summed E-state index contributed by atoms with van der Waals surface area (Å²) >= 11 is 0.881. The van der Waals surface area contributed by atoms with E-state index in [1.807, 2.05) is 19.9 Å². The standard InChI is InChI=1S/C17H17NO4S/c1-4-9-18-16(19)15(23-17(18)20)11-12-7-8-13(21-5-2)14(10-12)22-6-3/h1,7-8,10-11H,5-6,9H2,2-3H3/b15-11-. The molecule has 0 bridgehead atoms. The van der Waals surface area contributed by atoms with Gasteiger partial charge in [0, 0.05) is 0 Å². The Hall–Kier alpha value is -2.39. The molecule has 2 amide bonds. The number of thioether (sulfide) groups is 1. The minimum absolute atomic E-state index is 0.0184. The molecule has 0 saturated carbocycles. The molecule has 1 aromatic carbocycles. The largest absolute Gasteiger partial charge is 0.490 e. The molecule has 1 heterocycles. The average molecular weight is 331 g/mol. The van der Waals surface area contributed by atoms with Gasteiger partial charge in [-0.3, -0.25) is 14.5 Å². The summed E-state index contributed by atoms with van der Waals surface area (Å²) < 4.78 is 11.1. The van der Waals surface area contributed by atoms with E-state index in [1.165, 1.54) is 0 Å². The molecule has 0 atom stereocenters. The van der Waals surface area contributed by atoms with Crippen LogP contribution < -0.4 is 9.47 Å². The van der Waals surface area contributed by atoms with Gasteiger partial charge in [-0.25, -0.2) is 0 Å². The van der Waals surface area contributed by atoms with Crippen molar-refractivity contribution in [1.82, 2.24) is 4.90 Å². The van der Waals surface area contributed by atoms with Crippen LogP contribution in [0.1, 0.15) is 19.4 Å². The van der Waals surface area contributed by atoms with Crippen LogP contribution in [-0.4, -0.2) is 35.8 Å². The van der Waals surface area contributed by atoms with Gasteiger partial charge in [-0.1, -0.05) is 12.0 Å². The molecule has 0 N–H and O–H groups in total. The number of carbonyl (C=O) groups is 2. The first-order valence-corrected chi connectivity index (χ1v) is 8.00. The molecule has 0 radical (unpaired) electrons. The van der Waals surface area contributed by atoms with E-state index in [9.17, 15) is 9.59 Å². The number of hydrogen-bond donors (Lipinski definition) is 0. The van der Waals surface area contributed by atoms with Crippen molar-refractivity contribution in [3.8, 4) is 23.8 Å². The highest BCUT2D eigenvalue weighted by atomic mass is 32.2. The normalized spacial score (nSPS) is 15.9. The lowest BCUT2D eigenvalue weighted by Gasteiger charge is -2.11. The van der Waals surface area contributed by atoms with E-state index in [4.69, 9.17) is 15.9 Å². The molecule has 1 aliphatic heterocycles. The predicted molar refractivity (Wildman–Crippen MR) is 90.3 cm³/mol. The lowest BCUT2D eigenvalue weighted by Crippen LogP contribution is -2.28. The molecule has 0 unspecified atom stereocenters. The number of imide groups is 1. The third-order valence-corrected chi connectivity index (χ3v) is 3.90. The first kappa shape index (κ1) is 17.0. The zero-order valence-electron chi connectivity index (χ0n) is 13.0. The minimum atomic E-state index is -0.371. The Morgan fingerprint density at radius 1 is 1.22 bits per heavy atom. The van der Waals surface area contributed by atoms with E-state index >= 15 is 0 Å². The highest BCUT2D eigenvalue weighted by molar-refractivity contribution is 8.18. The Labute approximate surface area is 139 Å². The van der Waals surface area contributed by atoms with Crippen molar-refractivity contribution < 1.29 is 19.1 Å². The highest BCUT2D eigenvalue weighted by Crippen LogP contribution is 2.34. The lowest BCUT2D eigenvalue weighted by molar-refractivity contribution is -0.122. The Morgan fingerprint density at radius 2 is 1.91 bits per heavy atom. The van der Waals surface area contributed by atoms with Crippen LogP contribution in [0.4, 0.5) is 4.79 Å². The van der Waals surface area contributed by atoms with Crippen molar-refractivity contribution in [1.29, 1.82) is 0 Å². The number of ether oxygens (including phenoxy) is 2. The monoisotopic (exact) mass is 331 g/mol. The van der Waals surface area contributed by atoms with Crippen LogP contribution in [0, 0.1) is 12.3 Å². The molecule has 6 heteroatoms. The van der Waals surface area contributed by atoms with Gasteiger partial charge in [0.25, 0.3) is 11.1 Å². The van der Waals surface area contributed by atoms with Crippen LogP contribution in [0.25, 0.3) is 6.08 Å². The number of carbonyl (C=O) groups excluding carboxylic acids is 2. The first-order valence-electron chi connectivity index (χ1n) is 7.19. The van der Waals surface area contributed by atoms with E-state index in [0.717, 1.165) is 22.2 Å². The lowest BCUT2D eigenvalue weighted by atomic mass is 10.2. The summed E-state index contributed by atoms with van der Waals surface area (Å²) in [5.74, 6) is 3.19. The second-order valence-corrected chi connectivity index (χ2v) is 5.54. The minimum Gasteiger partial charge on any atom is -0.490 e. The summed E-state index contributed by atoms with van der Waals surface area (Å²) in [4.78, 5) is 25.3. The van der Waals surface area contributed by atoms with Crippen LogP contribution in [0.3, 0.4) is 0 Å². The van der Waals surface area contributed by atoms with Gasteiger partial charge in [0.15, 0.2) is 11.5 Å². The number of amides is 2. The van der Waals surface area contributed by atoms with Gasteiger partial charge in [0.1, 0.15) is 0 Å². The van der Waals surface area contributed by atoms with Crippen molar-refractivity contribution in [3.63, 3.8) is 0 Å². The van der Waals surface area contributed by atoms with Gasteiger partial charge < -0.3 is 9.47 Å². The Balaban J connectivity index is 2.29. The number of benzene rings is 1. The van der Waals surface area contributed by atoms with Gasteiger partial charge in [-0.05, 0) is 49.4 Å². The van der Waals surface area contributed by atoms with E-state index in [-0.39, 0.29) is 17.7 Å². The zero-order chi connectivity index (χ0) is 16.8. The molecule has 5 nitrogen and oxygen atoms in total. The van der Waals surface area contributed by atoms with Crippen molar-refractivity contribution in [2.24, 2.45) is 0 Å². The maximum atomic E-state index is 12.2. The fourth-order valence-corrected chi connectivity index (χ4v) is 2.87. The molecule has 1 aromatic rings. The molecular formula is C17H17NO4S. The first-order chi connectivity index (χ1) is 11.1.